The Morgan fingerprint density at radius 2 is 0.565 bits per heavy atom. The lowest BCUT2D eigenvalue weighted by Crippen LogP contribution is -2.30. The van der Waals surface area contributed by atoms with E-state index in [4.69, 9.17) is 14.2 Å². The first-order valence-corrected chi connectivity index (χ1v) is 29.1. The van der Waals surface area contributed by atoms with Gasteiger partial charge in [0, 0.05) is 19.3 Å². The van der Waals surface area contributed by atoms with Crippen molar-refractivity contribution < 1.29 is 28.6 Å². The fraction of sp³-hybridized carbons (Fsp3) is 0.730. The van der Waals surface area contributed by atoms with Gasteiger partial charge >= 0.3 is 17.9 Å². The van der Waals surface area contributed by atoms with Crippen LogP contribution in [0.1, 0.15) is 278 Å². The average Bonchev–Trinajstić information content (AvgIpc) is 3.35. The van der Waals surface area contributed by atoms with Crippen molar-refractivity contribution in [3.05, 3.63) is 85.1 Å². The van der Waals surface area contributed by atoms with Gasteiger partial charge in [-0.1, -0.05) is 247 Å². The van der Waals surface area contributed by atoms with Crippen LogP contribution in [0.2, 0.25) is 0 Å². The van der Waals surface area contributed by atoms with E-state index in [9.17, 15) is 14.4 Å². The second-order valence-corrected chi connectivity index (χ2v) is 19.2. The maximum atomic E-state index is 12.8. The maximum absolute atomic E-state index is 12.8. The molecule has 1 unspecified atom stereocenters. The highest BCUT2D eigenvalue weighted by molar-refractivity contribution is 5.71. The van der Waals surface area contributed by atoms with Gasteiger partial charge < -0.3 is 14.2 Å². The fourth-order valence-electron chi connectivity index (χ4n) is 8.03. The summed E-state index contributed by atoms with van der Waals surface area (Å²) in [6.07, 6.45) is 74.3. The topological polar surface area (TPSA) is 78.9 Å². The number of carbonyl (C=O) groups excluding carboxylic acids is 3. The summed E-state index contributed by atoms with van der Waals surface area (Å²) in [6, 6.07) is 0. The largest absolute Gasteiger partial charge is 0.462 e. The first kappa shape index (κ1) is 65.6. The van der Waals surface area contributed by atoms with Crippen molar-refractivity contribution in [2.75, 3.05) is 13.2 Å². The van der Waals surface area contributed by atoms with Crippen molar-refractivity contribution in [2.24, 2.45) is 0 Å². The number of rotatable bonds is 52. The normalized spacial score (nSPS) is 12.7. The van der Waals surface area contributed by atoms with Crippen LogP contribution < -0.4 is 0 Å². The summed E-state index contributed by atoms with van der Waals surface area (Å²) in [5, 5.41) is 0. The first-order chi connectivity index (χ1) is 34.0. The van der Waals surface area contributed by atoms with E-state index in [2.05, 4.69) is 106 Å². The Morgan fingerprint density at radius 3 is 0.913 bits per heavy atom. The van der Waals surface area contributed by atoms with E-state index < -0.39 is 6.10 Å². The van der Waals surface area contributed by atoms with Crippen molar-refractivity contribution >= 4 is 17.9 Å². The van der Waals surface area contributed by atoms with Crippen molar-refractivity contribution in [1.29, 1.82) is 0 Å². The molecule has 0 amide bonds. The van der Waals surface area contributed by atoms with Crippen LogP contribution in [0.5, 0.6) is 0 Å². The number of ether oxygens (including phenoxy) is 3. The maximum Gasteiger partial charge on any atom is 0.306 e. The van der Waals surface area contributed by atoms with Crippen LogP contribution in [0, 0.1) is 0 Å². The van der Waals surface area contributed by atoms with E-state index in [1.54, 1.807) is 0 Å². The average molecular weight is 962 g/mol. The van der Waals surface area contributed by atoms with Gasteiger partial charge in [-0.05, 0) is 96.3 Å². The summed E-state index contributed by atoms with van der Waals surface area (Å²) in [4.78, 5) is 38.1. The molecule has 0 saturated carbocycles. The molecule has 0 radical (unpaired) electrons. The van der Waals surface area contributed by atoms with Crippen molar-refractivity contribution in [2.45, 2.75) is 284 Å². The van der Waals surface area contributed by atoms with Gasteiger partial charge in [0.15, 0.2) is 6.10 Å². The summed E-state index contributed by atoms with van der Waals surface area (Å²) in [5.74, 6) is -0.892. The molecule has 0 aliphatic rings. The Bertz CT molecular complexity index is 1330. The van der Waals surface area contributed by atoms with Gasteiger partial charge in [0.1, 0.15) is 13.2 Å². The molecule has 0 aromatic heterocycles. The zero-order chi connectivity index (χ0) is 50.0. The lowest BCUT2D eigenvalue weighted by molar-refractivity contribution is -0.167. The third kappa shape index (κ3) is 55.4. The van der Waals surface area contributed by atoms with Gasteiger partial charge in [-0.25, -0.2) is 0 Å². The monoisotopic (exact) mass is 961 g/mol. The summed E-state index contributed by atoms with van der Waals surface area (Å²) >= 11 is 0. The highest BCUT2D eigenvalue weighted by atomic mass is 16.6. The lowest BCUT2D eigenvalue weighted by atomic mass is 10.1. The molecule has 0 aliphatic heterocycles. The van der Waals surface area contributed by atoms with Crippen LogP contribution in [0.15, 0.2) is 85.1 Å². The summed E-state index contributed by atoms with van der Waals surface area (Å²) in [6.45, 7) is 6.48. The van der Waals surface area contributed by atoms with Crippen LogP contribution in [-0.2, 0) is 28.6 Å². The van der Waals surface area contributed by atoms with Gasteiger partial charge in [-0.2, -0.15) is 0 Å². The smallest absolute Gasteiger partial charge is 0.306 e. The van der Waals surface area contributed by atoms with Crippen LogP contribution >= 0.6 is 0 Å². The summed E-state index contributed by atoms with van der Waals surface area (Å²) in [5.41, 5.74) is 0. The number of carbonyl (C=O) groups is 3. The number of esters is 3. The predicted octanol–water partition coefficient (Wildman–Crippen LogP) is 19.5. The third-order valence-corrected chi connectivity index (χ3v) is 12.4. The molecule has 69 heavy (non-hydrogen) atoms. The van der Waals surface area contributed by atoms with Crippen molar-refractivity contribution in [3.8, 4) is 0 Å². The minimum absolute atomic E-state index is 0.0802. The molecule has 0 fully saturated rings. The van der Waals surface area contributed by atoms with Gasteiger partial charge in [0.05, 0.1) is 0 Å². The highest BCUT2D eigenvalue weighted by Gasteiger charge is 2.19. The molecule has 0 heterocycles. The summed E-state index contributed by atoms with van der Waals surface area (Å²) in [7, 11) is 0. The van der Waals surface area contributed by atoms with Crippen molar-refractivity contribution in [1.82, 2.24) is 0 Å². The van der Waals surface area contributed by atoms with Crippen LogP contribution in [0.3, 0.4) is 0 Å². The Morgan fingerprint density at radius 1 is 0.304 bits per heavy atom. The molecule has 0 spiro atoms. The van der Waals surface area contributed by atoms with Gasteiger partial charge in [-0.3, -0.25) is 14.4 Å². The minimum Gasteiger partial charge on any atom is -0.462 e. The zero-order valence-electron chi connectivity index (χ0n) is 45.3. The van der Waals surface area contributed by atoms with Gasteiger partial charge in [0.25, 0.3) is 0 Å². The molecule has 6 nitrogen and oxygen atoms in total. The fourth-order valence-corrected chi connectivity index (χ4v) is 8.03. The van der Waals surface area contributed by atoms with Crippen LogP contribution in [0.4, 0.5) is 0 Å². The van der Waals surface area contributed by atoms with E-state index in [-0.39, 0.29) is 31.1 Å². The molecule has 396 valence electrons. The van der Waals surface area contributed by atoms with E-state index >= 15 is 0 Å². The lowest BCUT2D eigenvalue weighted by Gasteiger charge is -2.18. The molecular formula is C63H108O6. The van der Waals surface area contributed by atoms with Crippen molar-refractivity contribution in [3.63, 3.8) is 0 Å². The molecule has 6 heteroatoms. The minimum atomic E-state index is -0.782. The SMILES string of the molecule is CC/C=C\C/C=C\C/C=C\C/C=C\C/C=C\CCCCCCCCCC(=O)OCC(COC(=O)CCCCCCCCCCC)OC(=O)CCCCCCCCCCC/C=C\C/C=C\CCCCC. The number of unbranched alkanes of at least 4 members (excludes halogenated alkanes) is 27. The first-order valence-electron chi connectivity index (χ1n) is 29.1. The number of hydrogen-bond acceptors (Lipinski definition) is 6. The van der Waals surface area contributed by atoms with E-state index in [1.807, 2.05) is 0 Å². The molecule has 0 rings (SSSR count). The quantitative estimate of drug-likeness (QED) is 0.0262. The second kappa shape index (κ2) is 57.2. The predicted molar refractivity (Wildman–Crippen MR) is 297 cm³/mol. The van der Waals surface area contributed by atoms with E-state index in [0.717, 1.165) is 103 Å². The Hall–Kier alpha value is -3.41. The van der Waals surface area contributed by atoms with E-state index in [0.29, 0.717) is 19.3 Å². The Balaban J connectivity index is 4.29. The van der Waals surface area contributed by atoms with Gasteiger partial charge in [0.2, 0.25) is 0 Å². The molecule has 0 saturated heterocycles. The molecular weight excluding hydrogens is 853 g/mol. The third-order valence-electron chi connectivity index (χ3n) is 12.4. The molecule has 0 bridgehead atoms. The Labute approximate surface area is 426 Å². The number of allylic oxidation sites excluding steroid dienone is 14. The van der Waals surface area contributed by atoms with Crippen LogP contribution in [-0.4, -0.2) is 37.2 Å². The Kier molecular flexibility index (Phi) is 54.3. The molecule has 0 aliphatic carbocycles. The highest BCUT2D eigenvalue weighted by Crippen LogP contribution is 2.15. The molecule has 0 aromatic carbocycles. The molecule has 0 aromatic rings. The standard InChI is InChI=1S/C63H108O6/c1-4-7-10-13-16-19-21-23-25-27-29-30-31-32-34-35-37-39-41-44-47-50-53-56-62(65)68-59-60(58-67-61(64)55-52-49-46-43-18-15-12-9-6-3)69-63(66)57-54-51-48-45-42-40-38-36-33-28-26-24-22-20-17-14-11-8-5-2/h7,10,16-17,19-20,23-26,29-30,32,34,60H,4-6,8-9,11-15,18,21-22,27-28,31,33,35-59H2,1-3H3/b10-7-,19-16-,20-17-,25-23-,26-24-,30-29-,34-32-. The van der Waals surface area contributed by atoms with Gasteiger partial charge in [-0.15, -0.1) is 0 Å². The van der Waals surface area contributed by atoms with Crippen LogP contribution in [0.25, 0.3) is 0 Å². The summed E-state index contributed by atoms with van der Waals surface area (Å²) < 4.78 is 16.8. The second-order valence-electron chi connectivity index (χ2n) is 19.2. The van der Waals surface area contributed by atoms with E-state index in [1.165, 1.54) is 135 Å². The number of hydrogen-bond donors (Lipinski definition) is 0. The molecule has 0 N–H and O–H groups in total. The molecule has 1 atom stereocenters. The zero-order valence-corrected chi connectivity index (χ0v) is 45.3.